The van der Waals surface area contributed by atoms with Crippen LogP contribution in [0.3, 0.4) is 0 Å². The van der Waals surface area contributed by atoms with Crippen molar-refractivity contribution in [1.82, 2.24) is 19.5 Å². The Balaban J connectivity index is 1.57. The van der Waals surface area contributed by atoms with Gasteiger partial charge in [-0.25, -0.2) is 4.68 Å². The van der Waals surface area contributed by atoms with E-state index in [0.29, 0.717) is 5.16 Å². The number of aromatic nitrogens is 4. The highest BCUT2D eigenvalue weighted by atomic mass is 32.2. The Bertz CT molecular complexity index is 1180. The lowest BCUT2D eigenvalue weighted by Gasteiger charge is -2.12. The van der Waals surface area contributed by atoms with Crippen LogP contribution < -0.4 is 5.32 Å². The Morgan fingerprint density at radius 3 is 2.53 bits per heavy atom. The van der Waals surface area contributed by atoms with E-state index >= 15 is 0 Å². The Morgan fingerprint density at radius 1 is 1.00 bits per heavy atom. The average molecular weight is 418 g/mol. The predicted molar refractivity (Wildman–Crippen MR) is 121 cm³/mol. The van der Waals surface area contributed by atoms with E-state index in [9.17, 15) is 4.79 Å². The average Bonchev–Trinajstić information content (AvgIpc) is 3.39. The van der Waals surface area contributed by atoms with Crippen LogP contribution in [0.4, 0.5) is 5.69 Å². The summed E-state index contributed by atoms with van der Waals surface area (Å²) in [5.74, 6) is 0.890. The number of thioether (sulfide) groups is 1. The first-order valence-electron chi connectivity index (χ1n) is 9.68. The number of hydrogen-bond donors (Lipinski definition) is 1. The molecule has 0 aliphatic rings. The molecule has 1 N–H and O–H groups in total. The number of rotatable bonds is 6. The summed E-state index contributed by atoms with van der Waals surface area (Å²) < 4.78 is 3.84. The van der Waals surface area contributed by atoms with Gasteiger partial charge >= 0.3 is 0 Å². The molecule has 0 aliphatic heterocycles. The van der Waals surface area contributed by atoms with Gasteiger partial charge in [0.2, 0.25) is 11.1 Å². The summed E-state index contributed by atoms with van der Waals surface area (Å²) in [6, 6.07) is 17.9. The van der Waals surface area contributed by atoms with Gasteiger partial charge in [-0.2, -0.15) is 0 Å². The highest BCUT2D eigenvalue weighted by Gasteiger charge is 2.17. The van der Waals surface area contributed by atoms with Crippen molar-refractivity contribution in [2.75, 3.05) is 11.1 Å². The van der Waals surface area contributed by atoms with Crippen molar-refractivity contribution in [3.05, 3.63) is 83.7 Å². The smallest absolute Gasteiger partial charge is 0.234 e. The first-order valence-corrected chi connectivity index (χ1v) is 10.7. The monoisotopic (exact) mass is 417 g/mol. The maximum absolute atomic E-state index is 12.6. The van der Waals surface area contributed by atoms with Gasteiger partial charge in [0.15, 0.2) is 5.82 Å². The molecule has 0 spiro atoms. The molecule has 4 aromatic rings. The van der Waals surface area contributed by atoms with Crippen LogP contribution in [0.25, 0.3) is 11.4 Å². The van der Waals surface area contributed by atoms with Gasteiger partial charge in [0, 0.05) is 23.6 Å². The summed E-state index contributed by atoms with van der Waals surface area (Å²) in [4.78, 5) is 12.6. The summed E-state index contributed by atoms with van der Waals surface area (Å²) in [6.07, 6.45) is 3.87. The van der Waals surface area contributed by atoms with Crippen molar-refractivity contribution in [1.29, 1.82) is 0 Å². The first-order chi connectivity index (χ1) is 14.5. The molecule has 0 saturated carbocycles. The molecule has 0 fully saturated rings. The van der Waals surface area contributed by atoms with Crippen molar-refractivity contribution in [3.63, 3.8) is 0 Å². The van der Waals surface area contributed by atoms with Gasteiger partial charge in [0.25, 0.3) is 0 Å². The fraction of sp³-hybridized carbons (Fsp3) is 0.174. The molecule has 0 aliphatic carbocycles. The molecule has 1 amide bonds. The Morgan fingerprint density at radius 2 is 1.77 bits per heavy atom. The standard InChI is InChI=1S/C23H23N5OS/c1-16-8-6-10-19(14-16)22-25-26-23(28(22)27-12-4-5-13-27)30-15-21(29)24-20-11-7-9-17(2)18(20)3/h4-14H,15H2,1-3H3,(H,24,29). The number of nitrogens with zero attached hydrogens (tertiary/aromatic N) is 4. The number of carbonyl (C=O) groups excluding carboxylic acids is 1. The van der Waals surface area contributed by atoms with Gasteiger partial charge in [-0.3, -0.25) is 9.47 Å². The molecule has 0 unspecified atom stereocenters. The minimum Gasteiger partial charge on any atom is -0.325 e. The lowest BCUT2D eigenvalue weighted by molar-refractivity contribution is -0.113. The molecule has 152 valence electrons. The third-order valence-corrected chi connectivity index (χ3v) is 5.84. The van der Waals surface area contributed by atoms with Gasteiger partial charge in [-0.05, 0) is 56.2 Å². The number of aryl methyl sites for hydroxylation is 2. The molecule has 0 saturated heterocycles. The summed E-state index contributed by atoms with van der Waals surface area (Å²) >= 11 is 1.36. The number of nitrogens with one attached hydrogen (secondary N) is 1. The molecular formula is C23H23N5OS. The predicted octanol–water partition coefficient (Wildman–Crippen LogP) is 4.71. The largest absolute Gasteiger partial charge is 0.325 e. The van der Waals surface area contributed by atoms with Crippen molar-refractivity contribution in [2.45, 2.75) is 25.9 Å². The van der Waals surface area contributed by atoms with Crippen LogP contribution >= 0.6 is 11.8 Å². The van der Waals surface area contributed by atoms with Gasteiger partial charge in [-0.1, -0.05) is 47.7 Å². The van der Waals surface area contributed by atoms with Crippen LogP contribution in [0.1, 0.15) is 16.7 Å². The summed E-state index contributed by atoms with van der Waals surface area (Å²) in [5.41, 5.74) is 5.19. The Labute approximate surface area is 179 Å². The lowest BCUT2D eigenvalue weighted by atomic mass is 10.1. The fourth-order valence-corrected chi connectivity index (χ4v) is 3.92. The third-order valence-electron chi connectivity index (χ3n) is 4.92. The first kappa shape index (κ1) is 20.0. The fourth-order valence-electron chi connectivity index (χ4n) is 3.19. The zero-order valence-corrected chi connectivity index (χ0v) is 18.0. The highest BCUT2D eigenvalue weighted by Crippen LogP contribution is 2.25. The highest BCUT2D eigenvalue weighted by molar-refractivity contribution is 7.99. The maximum atomic E-state index is 12.6. The van der Waals surface area contributed by atoms with Crippen LogP contribution in [0.15, 0.2) is 72.1 Å². The molecule has 7 heteroatoms. The molecule has 0 atom stereocenters. The molecule has 4 rings (SSSR count). The minimum absolute atomic E-state index is 0.0761. The summed E-state index contributed by atoms with van der Waals surface area (Å²) in [6.45, 7) is 6.09. The van der Waals surface area contributed by atoms with Gasteiger partial charge in [-0.15, -0.1) is 10.2 Å². The van der Waals surface area contributed by atoms with Gasteiger partial charge in [0.05, 0.1) is 5.75 Å². The van der Waals surface area contributed by atoms with E-state index in [2.05, 4.69) is 21.6 Å². The van der Waals surface area contributed by atoms with Crippen LogP contribution in [-0.2, 0) is 4.79 Å². The second kappa shape index (κ2) is 8.59. The van der Waals surface area contributed by atoms with Crippen molar-refractivity contribution >= 4 is 23.4 Å². The van der Waals surface area contributed by atoms with E-state index in [-0.39, 0.29) is 11.7 Å². The zero-order valence-electron chi connectivity index (χ0n) is 17.2. The van der Waals surface area contributed by atoms with E-state index in [0.717, 1.165) is 33.8 Å². The molecule has 30 heavy (non-hydrogen) atoms. The molecule has 6 nitrogen and oxygen atoms in total. The number of carbonyl (C=O) groups is 1. The second-order valence-electron chi connectivity index (χ2n) is 7.13. The molecule has 2 aromatic carbocycles. The molecule has 0 bridgehead atoms. The molecular weight excluding hydrogens is 394 g/mol. The second-order valence-corrected chi connectivity index (χ2v) is 8.08. The number of hydrogen-bond acceptors (Lipinski definition) is 4. The van der Waals surface area contributed by atoms with Crippen LogP contribution in [0, 0.1) is 20.8 Å². The van der Waals surface area contributed by atoms with Crippen molar-refractivity contribution < 1.29 is 4.79 Å². The summed E-state index contributed by atoms with van der Waals surface area (Å²) in [7, 11) is 0. The molecule has 0 radical (unpaired) electrons. The summed E-state index contributed by atoms with van der Waals surface area (Å²) in [5, 5.41) is 12.4. The number of benzene rings is 2. The molecule has 2 heterocycles. The van der Waals surface area contributed by atoms with Gasteiger partial charge < -0.3 is 5.32 Å². The van der Waals surface area contributed by atoms with E-state index < -0.39 is 0 Å². The van der Waals surface area contributed by atoms with E-state index in [1.54, 1.807) is 0 Å². The molecule has 2 aromatic heterocycles. The number of anilines is 1. The quantitative estimate of drug-likeness (QED) is 0.461. The van der Waals surface area contributed by atoms with Crippen LogP contribution in [0.5, 0.6) is 0 Å². The van der Waals surface area contributed by atoms with Crippen molar-refractivity contribution in [3.8, 4) is 11.4 Å². The van der Waals surface area contributed by atoms with E-state index in [4.69, 9.17) is 0 Å². The van der Waals surface area contributed by atoms with E-state index in [1.807, 2.05) is 91.0 Å². The topological polar surface area (TPSA) is 64.7 Å². The van der Waals surface area contributed by atoms with E-state index in [1.165, 1.54) is 11.8 Å². The zero-order chi connectivity index (χ0) is 21.1. The number of amides is 1. The Kier molecular flexibility index (Phi) is 5.72. The van der Waals surface area contributed by atoms with Crippen LogP contribution in [-0.4, -0.2) is 31.2 Å². The van der Waals surface area contributed by atoms with Crippen LogP contribution in [0.2, 0.25) is 0 Å². The normalized spacial score (nSPS) is 10.9. The third kappa shape index (κ3) is 4.16. The van der Waals surface area contributed by atoms with Crippen molar-refractivity contribution in [2.24, 2.45) is 0 Å². The Hall–Kier alpha value is -3.32. The van der Waals surface area contributed by atoms with Gasteiger partial charge in [0.1, 0.15) is 0 Å². The maximum Gasteiger partial charge on any atom is 0.234 e. The minimum atomic E-state index is -0.0761. The SMILES string of the molecule is Cc1cccc(-c2nnc(SCC(=O)Nc3cccc(C)c3C)n2-n2cccc2)c1. The lowest BCUT2D eigenvalue weighted by Crippen LogP contribution is -2.16.